The number of ether oxygens (including phenoxy) is 1. The molecule has 0 radical (unpaired) electrons. The van der Waals surface area contributed by atoms with Gasteiger partial charge in [0.2, 0.25) is 5.91 Å². The SMILES string of the molecule is CC(C)NC(=O)N(C)CCN(C1CCOCC1)C1CCN(C(=O)C2CC2)C1. The van der Waals surface area contributed by atoms with E-state index in [2.05, 4.69) is 15.1 Å². The van der Waals surface area contributed by atoms with Gasteiger partial charge in [0.15, 0.2) is 0 Å². The minimum absolute atomic E-state index is 0.0195. The van der Waals surface area contributed by atoms with E-state index in [0.717, 1.165) is 65.0 Å². The van der Waals surface area contributed by atoms with Crippen LogP contribution in [0.15, 0.2) is 0 Å². The number of likely N-dealkylation sites (N-methyl/N-ethyl adjacent to an activating group) is 1. The first-order valence-corrected chi connectivity index (χ1v) is 10.6. The molecule has 3 amide bonds. The standard InChI is InChI=1S/C20H36N4O3/c1-15(2)21-20(26)22(3)10-11-24(17-7-12-27-13-8-17)18-6-9-23(14-18)19(25)16-4-5-16/h15-18H,4-14H2,1-3H3,(H,21,26). The molecule has 0 aromatic heterocycles. The molecule has 154 valence electrons. The zero-order chi connectivity index (χ0) is 19.4. The summed E-state index contributed by atoms with van der Waals surface area (Å²) in [6, 6.07) is 1.01. The van der Waals surface area contributed by atoms with Crippen molar-refractivity contribution in [2.75, 3.05) is 46.4 Å². The van der Waals surface area contributed by atoms with Crippen LogP contribution in [0.4, 0.5) is 4.79 Å². The minimum atomic E-state index is -0.0195. The Balaban J connectivity index is 1.57. The quantitative estimate of drug-likeness (QED) is 0.727. The number of rotatable bonds is 7. The molecule has 3 fully saturated rings. The molecule has 0 bridgehead atoms. The number of hydrogen-bond donors (Lipinski definition) is 1. The summed E-state index contributed by atoms with van der Waals surface area (Å²) in [7, 11) is 1.86. The smallest absolute Gasteiger partial charge is 0.317 e. The monoisotopic (exact) mass is 380 g/mol. The Hall–Kier alpha value is -1.34. The zero-order valence-electron chi connectivity index (χ0n) is 17.2. The highest BCUT2D eigenvalue weighted by Gasteiger charge is 2.39. The molecule has 2 aliphatic heterocycles. The molecule has 1 aliphatic carbocycles. The lowest BCUT2D eigenvalue weighted by Gasteiger charge is -2.39. The predicted molar refractivity (Wildman–Crippen MR) is 105 cm³/mol. The minimum Gasteiger partial charge on any atom is -0.381 e. The van der Waals surface area contributed by atoms with E-state index in [1.807, 2.05) is 20.9 Å². The number of likely N-dealkylation sites (tertiary alicyclic amines) is 1. The molecule has 7 heteroatoms. The lowest BCUT2D eigenvalue weighted by atomic mass is 10.0. The second kappa shape index (κ2) is 9.24. The normalized spacial score (nSPS) is 23.9. The van der Waals surface area contributed by atoms with Gasteiger partial charge in [-0.3, -0.25) is 9.69 Å². The molecule has 1 saturated carbocycles. The Bertz CT molecular complexity index is 517. The maximum Gasteiger partial charge on any atom is 0.317 e. The molecule has 3 rings (SSSR count). The summed E-state index contributed by atoms with van der Waals surface area (Å²) in [5, 5.41) is 2.95. The van der Waals surface area contributed by atoms with E-state index in [-0.39, 0.29) is 12.1 Å². The molecular weight excluding hydrogens is 344 g/mol. The Morgan fingerprint density at radius 2 is 1.78 bits per heavy atom. The first kappa shape index (κ1) is 20.4. The average Bonchev–Trinajstić information content (AvgIpc) is 3.39. The Morgan fingerprint density at radius 3 is 2.41 bits per heavy atom. The third-order valence-corrected chi connectivity index (χ3v) is 5.98. The van der Waals surface area contributed by atoms with Gasteiger partial charge >= 0.3 is 6.03 Å². The van der Waals surface area contributed by atoms with E-state index < -0.39 is 0 Å². The van der Waals surface area contributed by atoms with E-state index in [4.69, 9.17) is 4.74 Å². The van der Waals surface area contributed by atoms with Crippen LogP contribution in [0.1, 0.15) is 46.0 Å². The van der Waals surface area contributed by atoms with Crippen LogP contribution in [0, 0.1) is 5.92 Å². The van der Waals surface area contributed by atoms with Crippen LogP contribution in [-0.4, -0.2) is 91.2 Å². The largest absolute Gasteiger partial charge is 0.381 e. The number of amides is 3. The van der Waals surface area contributed by atoms with Crippen molar-refractivity contribution < 1.29 is 14.3 Å². The van der Waals surface area contributed by atoms with Crippen molar-refractivity contribution in [3.63, 3.8) is 0 Å². The fraction of sp³-hybridized carbons (Fsp3) is 0.900. The molecule has 1 unspecified atom stereocenters. The van der Waals surface area contributed by atoms with Crippen LogP contribution in [0.25, 0.3) is 0 Å². The van der Waals surface area contributed by atoms with E-state index in [0.29, 0.717) is 30.5 Å². The van der Waals surface area contributed by atoms with Crippen molar-refractivity contribution >= 4 is 11.9 Å². The first-order valence-electron chi connectivity index (χ1n) is 10.6. The van der Waals surface area contributed by atoms with Gasteiger partial charge in [-0.15, -0.1) is 0 Å². The van der Waals surface area contributed by atoms with Crippen molar-refractivity contribution in [2.45, 2.75) is 64.1 Å². The summed E-state index contributed by atoms with van der Waals surface area (Å²) < 4.78 is 5.55. The van der Waals surface area contributed by atoms with Crippen molar-refractivity contribution in [1.29, 1.82) is 0 Å². The highest BCUT2D eigenvalue weighted by Crippen LogP contribution is 2.33. The zero-order valence-corrected chi connectivity index (χ0v) is 17.2. The van der Waals surface area contributed by atoms with Crippen LogP contribution < -0.4 is 5.32 Å². The number of carbonyl (C=O) groups excluding carboxylic acids is 2. The average molecular weight is 381 g/mol. The third-order valence-electron chi connectivity index (χ3n) is 5.98. The molecular formula is C20H36N4O3. The molecule has 3 aliphatic rings. The molecule has 0 aromatic rings. The number of nitrogens with zero attached hydrogens (tertiary/aromatic N) is 3. The summed E-state index contributed by atoms with van der Waals surface area (Å²) >= 11 is 0. The highest BCUT2D eigenvalue weighted by atomic mass is 16.5. The van der Waals surface area contributed by atoms with E-state index in [1.165, 1.54) is 0 Å². The van der Waals surface area contributed by atoms with Gasteiger partial charge in [-0.25, -0.2) is 4.79 Å². The summed E-state index contributed by atoms with van der Waals surface area (Å²) in [6.07, 6.45) is 5.25. The number of urea groups is 1. The highest BCUT2D eigenvalue weighted by molar-refractivity contribution is 5.81. The van der Waals surface area contributed by atoms with Gasteiger partial charge in [-0.2, -0.15) is 0 Å². The molecule has 2 saturated heterocycles. The van der Waals surface area contributed by atoms with Crippen molar-refractivity contribution in [2.24, 2.45) is 5.92 Å². The van der Waals surface area contributed by atoms with Gasteiger partial charge in [0.1, 0.15) is 0 Å². The summed E-state index contributed by atoms with van der Waals surface area (Å²) in [5.41, 5.74) is 0. The Labute approximate surface area is 163 Å². The van der Waals surface area contributed by atoms with Gasteiger partial charge in [-0.1, -0.05) is 0 Å². The predicted octanol–water partition coefficient (Wildman–Crippen LogP) is 1.53. The van der Waals surface area contributed by atoms with E-state index >= 15 is 0 Å². The second-order valence-electron chi connectivity index (χ2n) is 8.61. The third kappa shape index (κ3) is 5.57. The van der Waals surface area contributed by atoms with Crippen molar-refractivity contribution in [3.05, 3.63) is 0 Å². The Kier molecular flexibility index (Phi) is 6.98. The fourth-order valence-electron chi connectivity index (χ4n) is 4.21. The van der Waals surface area contributed by atoms with Crippen LogP contribution in [0.2, 0.25) is 0 Å². The number of carbonyl (C=O) groups is 2. The van der Waals surface area contributed by atoms with Crippen LogP contribution >= 0.6 is 0 Å². The lowest BCUT2D eigenvalue weighted by Crippen LogP contribution is -2.51. The summed E-state index contributed by atoms with van der Waals surface area (Å²) in [4.78, 5) is 31.0. The van der Waals surface area contributed by atoms with E-state index in [1.54, 1.807) is 4.90 Å². The van der Waals surface area contributed by atoms with Gasteiger partial charge in [-0.05, 0) is 46.0 Å². The molecule has 1 atom stereocenters. The topological polar surface area (TPSA) is 65.1 Å². The molecule has 7 nitrogen and oxygen atoms in total. The second-order valence-corrected chi connectivity index (χ2v) is 8.61. The van der Waals surface area contributed by atoms with E-state index in [9.17, 15) is 9.59 Å². The molecule has 2 heterocycles. The molecule has 1 N–H and O–H groups in total. The molecule has 0 spiro atoms. The number of nitrogens with one attached hydrogen (secondary N) is 1. The summed E-state index contributed by atoms with van der Waals surface area (Å²) in [6.45, 7) is 8.84. The van der Waals surface area contributed by atoms with Crippen LogP contribution in [-0.2, 0) is 9.53 Å². The molecule has 0 aromatic carbocycles. The lowest BCUT2D eigenvalue weighted by molar-refractivity contribution is -0.131. The maximum absolute atomic E-state index is 12.4. The van der Waals surface area contributed by atoms with Crippen molar-refractivity contribution in [1.82, 2.24) is 20.0 Å². The molecule has 27 heavy (non-hydrogen) atoms. The van der Waals surface area contributed by atoms with Gasteiger partial charge in [0.25, 0.3) is 0 Å². The Morgan fingerprint density at radius 1 is 1.07 bits per heavy atom. The summed E-state index contributed by atoms with van der Waals surface area (Å²) in [5.74, 6) is 0.656. The van der Waals surface area contributed by atoms with Crippen LogP contribution in [0.3, 0.4) is 0 Å². The fourth-order valence-corrected chi connectivity index (χ4v) is 4.21. The number of hydrogen-bond acceptors (Lipinski definition) is 4. The van der Waals surface area contributed by atoms with Crippen molar-refractivity contribution in [3.8, 4) is 0 Å². The van der Waals surface area contributed by atoms with Gasteiger partial charge in [0.05, 0.1) is 0 Å². The van der Waals surface area contributed by atoms with Crippen LogP contribution in [0.5, 0.6) is 0 Å². The first-order chi connectivity index (χ1) is 13.0. The maximum atomic E-state index is 12.4. The van der Waals surface area contributed by atoms with Gasteiger partial charge < -0.3 is 19.9 Å². The van der Waals surface area contributed by atoms with Gasteiger partial charge in [0, 0.05) is 70.5 Å².